The van der Waals surface area contributed by atoms with Gasteiger partial charge in [0.15, 0.2) is 0 Å². The van der Waals surface area contributed by atoms with E-state index in [-0.39, 0.29) is 44.0 Å². The van der Waals surface area contributed by atoms with Crippen LogP contribution in [0.4, 0.5) is 5.69 Å². The van der Waals surface area contributed by atoms with E-state index in [1.165, 1.54) is 4.90 Å². The summed E-state index contributed by atoms with van der Waals surface area (Å²) in [6.07, 6.45) is 2.36. The molecule has 3 heterocycles. The van der Waals surface area contributed by atoms with E-state index >= 15 is 0 Å². The average molecular weight is 519 g/mol. The SMILES string of the molecule is C=CCN(C(=O)C1N(CCCO)C(=O)[C@@H]2[C@@H](C(=O)OCC)[C@]3(C)OC12CC3C)c1c(C)cccc1Cl. The van der Waals surface area contributed by atoms with Gasteiger partial charge in [-0.05, 0) is 51.2 Å². The molecule has 3 aliphatic heterocycles. The van der Waals surface area contributed by atoms with Gasteiger partial charge in [0.25, 0.3) is 5.91 Å². The zero-order valence-electron chi connectivity index (χ0n) is 21.3. The van der Waals surface area contributed by atoms with Crippen LogP contribution >= 0.6 is 11.6 Å². The van der Waals surface area contributed by atoms with Crippen molar-refractivity contribution in [2.45, 2.75) is 57.8 Å². The van der Waals surface area contributed by atoms with Crippen molar-refractivity contribution in [1.29, 1.82) is 0 Å². The lowest BCUT2D eigenvalue weighted by molar-refractivity contribution is -0.161. The molecule has 1 spiro atoms. The second kappa shape index (κ2) is 9.80. The highest BCUT2D eigenvalue weighted by molar-refractivity contribution is 6.34. The molecule has 3 fully saturated rings. The molecule has 2 amide bonds. The predicted octanol–water partition coefficient (Wildman–Crippen LogP) is 3.12. The highest BCUT2D eigenvalue weighted by Gasteiger charge is 2.80. The maximum absolute atomic E-state index is 14.5. The summed E-state index contributed by atoms with van der Waals surface area (Å²) in [7, 11) is 0. The number of carbonyl (C=O) groups excluding carboxylic acids is 3. The van der Waals surface area contributed by atoms with E-state index in [9.17, 15) is 19.5 Å². The maximum Gasteiger partial charge on any atom is 0.312 e. The highest BCUT2D eigenvalue weighted by atomic mass is 35.5. The highest BCUT2D eigenvalue weighted by Crippen LogP contribution is 2.65. The van der Waals surface area contributed by atoms with Crippen molar-refractivity contribution in [3.63, 3.8) is 0 Å². The number of carbonyl (C=O) groups is 3. The van der Waals surface area contributed by atoms with Crippen molar-refractivity contribution in [1.82, 2.24) is 4.90 Å². The Bertz CT molecular complexity index is 1060. The van der Waals surface area contributed by atoms with Crippen LogP contribution in [0.15, 0.2) is 30.9 Å². The number of hydrogen-bond acceptors (Lipinski definition) is 6. The van der Waals surface area contributed by atoms with Gasteiger partial charge in [-0.25, -0.2) is 0 Å². The van der Waals surface area contributed by atoms with Crippen molar-refractivity contribution in [3.8, 4) is 0 Å². The molecule has 4 rings (SSSR count). The minimum atomic E-state index is -1.19. The molecule has 196 valence electrons. The predicted molar refractivity (Wildman–Crippen MR) is 136 cm³/mol. The van der Waals surface area contributed by atoms with Gasteiger partial charge in [0.1, 0.15) is 17.6 Å². The van der Waals surface area contributed by atoms with Crippen LogP contribution in [0.2, 0.25) is 5.02 Å². The van der Waals surface area contributed by atoms with Crippen LogP contribution in [-0.4, -0.2) is 71.3 Å². The van der Waals surface area contributed by atoms with Gasteiger partial charge in [0.2, 0.25) is 5.91 Å². The summed E-state index contributed by atoms with van der Waals surface area (Å²) in [6, 6.07) is 4.41. The minimum Gasteiger partial charge on any atom is -0.466 e. The number of esters is 1. The molecule has 3 saturated heterocycles. The van der Waals surface area contributed by atoms with Crippen LogP contribution in [0.3, 0.4) is 0 Å². The molecule has 9 heteroatoms. The van der Waals surface area contributed by atoms with E-state index in [1.807, 2.05) is 32.9 Å². The number of aliphatic hydroxyl groups excluding tert-OH is 1. The Labute approximate surface area is 217 Å². The lowest BCUT2D eigenvalue weighted by Gasteiger charge is -2.37. The summed E-state index contributed by atoms with van der Waals surface area (Å²) < 4.78 is 12.1. The Morgan fingerprint density at radius 1 is 1.42 bits per heavy atom. The molecule has 2 bridgehead atoms. The number of para-hydroxylation sites is 1. The number of likely N-dealkylation sites (tertiary alicyclic amines) is 1. The summed E-state index contributed by atoms with van der Waals surface area (Å²) in [4.78, 5) is 44.6. The lowest BCUT2D eigenvalue weighted by Crippen LogP contribution is -2.57. The molecule has 3 aliphatic rings. The van der Waals surface area contributed by atoms with E-state index in [0.717, 1.165) is 5.56 Å². The molecule has 1 aromatic rings. The molecule has 1 aromatic carbocycles. The van der Waals surface area contributed by atoms with Crippen LogP contribution < -0.4 is 4.90 Å². The second-order valence-corrected chi connectivity index (χ2v) is 10.6. The summed E-state index contributed by atoms with van der Waals surface area (Å²) in [5.74, 6) is -2.89. The van der Waals surface area contributed by atoms with Crippen LogP contribution in [0.5, 0.6) is 0 Å². The third-order valence-electron chi connectivity index (χ3n) is 8.18. The van der Waals surface area contributed by atoms with E-state index in [2.05, 4.69) is 6.58 Å². The molecular weight excluding hydrogens is 484 g/mol. The topological polar surface area (TPSA) is 96.4 Å². The van der Waals surface area contributed by atoms with E-state index in [4.69, 9.17) is 21.1 Å². The van der Waals surface area contributed by atoms with Crippen molar-refractivity contribution in [3.05, 3.63) is 41.4 Å². The second-order valence-electron chi connectivity index (χ2n) is 10.2. The first-order valence-corrected chi connectivity index (χ1v) is 12.9. The number of ether oxygens (including phenoxy) is 2. The van der Waals surface area contributed by atoms with Gasteiger partial charge in [-0.15, -0.1) is 6.58 Å². The van der Waals surface area contributed by atoms with Crippen LogP contribution in [0.25, 0.3) is 0 Å². The molecular formula is C27H35ClN2O6. The minimum absolute atomic E-state index is 0.0843. The summed E-state index contributed by atoms with van der Waals surface area (Å²) in [6.45, 7) is 11.6. The first-order valence-electron chi connectivity index (χ1n) is 12.5. The van der Waals surface area contributed by atoms with E-state index < -0.39 is 35.0 Å². The molecule has 6 atom stereocenters. The zero-order chi connectivity index (χ0) is 26.4. The standard InChI is InChI=1S/C27H35ClN2O6/c1-6-12-29(21-16(3)10-8-11-18(21)28)24(33)22-27-15-17(4)26(5,36-27)20(25(34)35-7-2)19(27)23(32)30(22)13-9-14-31/h6,8,10-11,17,19-20,22,31H,1,7,9,12-15H2,2-5H3/t17?,19-,20-,22?,26+,27?/m0/s1. The summed E-state index contributed by atoms with van der Waals surface area (Å²) >= 11 is 6.56. The monoisotopic (exact) mass is 518 g/mol. The number of benzene rings is 1. The third kappa shape index (κ3) is 3.76. The van der Waals surface area contributed by atoms with Gasteiger partial charge in [-0.3, -0.25) is 14.4 Å². The number of rotatable bonds is 9. The Morgan fingerprint density at radius 3 is 2.75 bits per heavy atom. The Hall–Kier alpha value is -2.42. The summed E-state index contributed by atoms with van der Waals surface area (Å²) in [5.41, 5.74) is -0.770. The van der Waals surface area contributed by atoms with Gasteiger partial charge in [-0.1, -0.05) is 36.7 Å². The number of amides is 2. The smallest absolute Gasteiger partial charge is 0.312 e. The van der Waals surface area contributed by atoms with Gasteiger partial charge in [0, 0.05) is 19.7 Å². The van der Waals surface area contributed by atoms with Crippen LogP contribution in [0.1, 0.15) is 39.2 Å². The maximum atomic E-state index is 14.5. The molecule has 3 unspecified atom stereocenters. The molecule has 36 heavy (non-hydrogen) atoms. The molecule has 0 aliphatic carbocycles. The summed E-state index contributed by atoms with van der Waals surface area (Å²) in [5, 5.41) is 9.95. The van der Waals surface area contributed by atoms with Crippen LogP contribution in [0, 0.1) is 24.7 Å². The Morgan fingerprint density at radius 2 is 2.14 bits per heavy atom. The first-order chi connectivity index (χ1) is 17.1. The average Bonchev–Trinajstić information content (AvgIpc) is 3.33. The van der Waals surface area contributed by atoms with Crippen molar-refractivity contribution in [2.75, 3.05) is 31.2 Å². The zero-order valence-corrected chi connectivity index (χ0v) is 22.1. The van der Waals surface area contributed by atoms with Gasteiger partial charge < -0.3 is 24.4 Å². The normalized spacial score (nSPS) is 32.5. The third-order valence-corrected chi connectivity index (χ3v) is 8.49. The molecule has 8 nitrogen and oxygen atoms in total. The van der Waals surface area contributed by atoms with Gasteiger partial charge >= 0.3 is 5.97 Å². The van der Waals surface area contributed by atoms with Crippen molar-refractivity contribution >= 4 is 35.1 Å². The number of aryl methyl sites for hydroxylation is 1. The molecule has 0 radical (unpaired) electrons. The quantitative estimate of drug-likeness (QED) is 0.398. The van der Waals surface area contributed by atoms with Crippen molar-refractivity contribution < 1.29 is 29.0 Å². The largest absolute Gasteiger partial charge is 0.466 e. The fourth-order valence-corrected chi connectivity index (χ4v) is 6.95. The fraction of sp³-hybridized carbons (Fsp3) is 0.593. The number of hydrogen-bond donors (Lipinski definition) is 1. The number of aliphatic hydroxyl groups is 1. The Kier molecular flexibility index (Phi) is 7.25. The number of anilines is 1. The fourth-order valence-electron chi connectivity index (χ4n) is 6.62. The number of nitrogens with zero attached hydrogens (tertiary/aromatic N) is 2. The number of fused-ring (bicyclic) bond motifs is 1. The number of halogens is 1. The van der Waals surface area contributed by atoms with Crippen molar-refractivity contribution in [2.24, 2.45) is 17.8 Å². The van der Waals surface area contributed by atoms with E-state index in [1.54, 1.807) is 24.0 Å². The Balaban J connectivity index is 1.86. The lowest BCUT2D eigenvalue weighted by atomic mass is 9.62. The van der Waals surface area contributed by atoms with Gasteiger partial charge in [-0.2, -0.15) is 0 Å². The van der Waals surface area contributed by atoms with E-state index in [0.29, 0.717) is 23.6 Å². The van der Waals surface area contributed by atoms with Crippen LogP contribution in [-0.2, 0) is 23.9 Å². The first kappa shape index (κ1) is 26.6. The molecule has 1 N–H and O–H groups in total. The van der Waals surface area contributed by atoms with Gasteiger partial charge in [0.05, 0.1) is 28.8 Å². The molecule has 0 aromatic heterocycles. The molecule has 0 saturated carbocycles.